The van der Waals surface area contributed by atoms with Crippen LogP contribution in [0.3, 0.4) is 0 Å². The molecule has 0 fully saturated rings. The SMILES string of the molecule is COc1ccc(C(CN)C(C)C)cc1C(C)(C)C. The molecule has 2 heteroatoms. The zero-order chi connectivity index (χ0) is 13.9. The molecule has 18 heavy (non-hydrogen) atoms. The predicted octanol–water partition coefficient (Wildman–Crippen LogP) is 3.69. The molecule has 0 spiro atoms. The van der Waals surface area contributed by atoms with Crippen LogP contribution in [0.25, 0.3) is 0 Å². The van der Waals surface area contributed by atoms with Crippen molar-refractivity contribution in [2.75, 3.05) is 13.7 Å². The minimum atomic E-state index is 0.0808. The van der Waals surface area contributed by atoms with Crippen LogP contribution in [0.4, 0.5) is 0 Å². The maximum absolute atomic E-state index is 5.90. The van der Waals surface area contributed by atoms with E-state index in [9.17, 15) is 0 Å². The average molecular weight is 249 g/mol. The largest absolute Gasteiger partial charge is 0.496 e. The Morgan fingerprint density at radius 2 is 1.83 bits per heavy atom. The molecule has 2 nitrogen and oxygen atoms in total. The molecule has 2 N–H and O–H groups in total. The smallest absolute Gasteiger partial charge is 0.122 e. The van der Waals surface area contributed by atoms with E-state index in [-0.39, 0.29) is 5.41 Å². The Morgan fingerprint density at radius 1 is 1.22 bits per heavy atom. The topological polar surface area (TPSA) is 35.2 Å². The van der Waals surface area contributed by atoms with Crippen molar-refractivity contribution >= 4 is 0 Å². The second-order valence-corrected chi connectivity index (χ2v) is 6.30. The summed E-state index contributed by atoms with van der Waals surface area (Å²) in [5.41, 5.74) is 8.55. The fraction of sp³-hybridized carbons (Fsp3) is 0.625. The van der Waals surface area contributed by atoms with Crippen molar-refractivity contribution in [3.05, 3.63) is 29.3 Å². The Labute approximate surface area is 112 Å². The fourth-order valence-electron chi connectivity index (χ4n) is 2.34. The van der Waals surface area contributed by atoms with E-state index in [1.54, 1.807) is 7.11 Å². The van der Waals surface area contributed by atoms with Gasteiger partial charge in [0.2, 0.25) is 0 Å². The van der Waals surface area contributed by atoms with Crippen LogP contribution in [0, 0.1) is 5.92 Å². The summed E-state index contributed by atoms with van der Waals surface area (Å²) in [7, 11) is 1.73. The van der Waals surface area contributed by atoms with E-state index in [1.165, 1.54) is 11.1 Å². The summed E-state index contributed by atoms with van der Waals surface area (Å²) in [5.74, 6) is 1.93. The van der Waals surface area contributed by atoms with Crippen molar-refractivity contribution in [3.63, 3.8) is 0 Å². The number of methoxy groups -OCH3 is 1. The first kappa shape index (κ1) is 15.0. The van der Waals surface area contributed by atoms with Gasteiger partial charge in [-0.15, -0.1) is 0 Å². The van der Waals surface area contributed by atoms with Gasteiger partial charge >= 0.3 is 0 Å². The van der Waals surface area contributed by atoms with Crippen molar-refractivity contribution in [2.24, 2.45) is 11.7 Å². The fourth-order valence-corrected chi connectivity index (χ4v) is 2.34. The van der Waals surface area contributed by atoms with Gasteiger partial charge in [0.25, 0.3) is 0 Å². The van der Waals surface area contributed by atoms with Gasteiger partial charge in [-0.1, -0.05) is 46.8 Å². The van der Waals surface area contributed by atoms with Crippen LogP contribution in [0.2, 0.25) is 0 Å². The standard InChI is InChI=1S/C16H27NO/c1-11(2)13(10-17)12-7-8-15(18-6)14(9-12)16(3,4)5/h7-9,11,13H,10,17H2,1-6H3. The van der Waals surface area contributed by atoms with Crippen LogP contribution in [-0.2, 0) is 5.41 Å². The van der Waals surface area contributed by atoms with Gasteiger partial charge in [0.1, 0.15) is 5.75 Å². The number of hydrogen-bond donors (Lipinski definition) is 1. The van der Waals surface area contributed by atoms with Crippen molar-refractivity contribution in [2.45, 2.75) is 46.0 Å². The summed E-state index contributed by atoms with van der Waals surface area (Å²) in [6.07, 6.45) is 0. The second kappa shape index (κ2) is 5.75. The third-order valence-electron chi connectivity index (χ3n) is 3.52. The van der Waals surface area contributed by atoms with E-state index in [0.29, 0.717) is 18.4 Å². The lowest BCUT2D eigenvalue weighted by atomic mass is 9.81. The molecule has 1 aromatic rings. The van der Waals surface area contributed by atoms with Crippen LogP contribution >= 0.6 is 0 Å². The lowest BCUT2D eigenvalue weighted by Gasteiger charge is -2.26. The number of nitrogens with two attached hydrogens (primary N) is 1. The Morgan fingerprint density at radius 3 is 2.22 bits per heavy atom. The minimum Gasteiger partial charge on any atom is -0.496 e. The number of hydrogen-bond acceptors (Lipinski definition) is 2. The molecule has 1 rings (SSSR count). The molecule has 0 saturated carbocycles. The van der Waals surface area contributed by atoms with Gasteiger partial charge in [-0.25, -0.2) is 0 Å². The summed E-state index contributed by atoms with van der Waals surface area (Å²) in [5, 5.41) is 0. The number of benzene rings is 1. The number of ether oxygens (including phenoxy) is 1. The highest BCUT2D eigenvalue weighted by molar-refractivity contribution is 5.42. The molecule has 0 aliphatic carbocycles. The molecule has 0 radical (unpaired) electrons. The quantitative estimate of drug-likeness (QED) is 0.883. The Balaban J connectivity index is 3.26. The zero-order valence-electron chi connectivity index (χ0n) is 12.6. The molecule has 0 bridgehead atoms. The minimum absolute atomic E-state index is 0.0808. The zero-order valence-corrected chi connectivity index (χ0v) is 12.6. The second-order valence-electron chi connectivity index (χ2n) is 6.30. The average Bonchev–Trinajstić information content (AvgIpc) is 2.28. The maximum atomic E-state index is 5.90. The van der Waals surface area contributed by atoms with Crippen molar-refractivity contribution in [3.8, 4) is 5.75 Å². The van der Waals surface area contributed by atoms with Gasteiger partial charge < -0.3 is 10.5 Å². The summed E-state index contributed by atoms with van der Waals surface area (Å²) in [6.45, 7) is 11.8. The number of rotatable bonds is 4. The van der Waals surface area contributed by atoms with Crippen molar-refractivity contribution in [1.29, 1.82) is 0 Å². The first-order valence-electron chi connectivity index (χ1n) is 6.69. The third-order valence-corrected chi connectivity index (χ3v) is 3.52. The first-order valence-corrected chi connectivity index (χ1v) is 6.69. The molecule has 0 amide bonds. The molecule has 0 aromatic heterocycles. The Kier molecular flexibility index (Phi) is 4.80. The van der Waals surface area contributed by atoms with Gasteiger partial charge in [0.15, 0.2) is 0 Å². The Bertz CT molecular complexity index is 391. The molecule has 102 valence electrons. The normalized spacial score (nSPS) is 13.8. The van der Waals surface area contributed by atoms with E-state index in [1.807, 2.05) is 0 Å². The molecule has 1 atom stereocenters. The molecular weight excluding hydrogens is 222 g/mol. The van der Waals surface area contributed by atoms with Gasteiger partial charge in [-0.3, -0.25) is 0 Å². The predicted molar refractivity (Wildman–Crippen MR) is 78.3 cm³/mol. The van der Waals surface area contributed by atoms with Crippen LogP contribution in [0.5, 0.6) is 5.75 Å². The van der Waals surface area contributed by atoms with Gasteiger partial charge in [0.05, 0.1) is 7.11 Å². The van der Waals surface area contributed by atoms with Crippen molar-refractivity contribution in [1.82, 2.24) is 0 Å². The summed E-state index contributed by atoms with van der Waals surface area (Å²) < 4.78 is 5.47. The highest BCUT2D eigenvalue weighted by Gasteiger charge is 2.22. The van der Waals surface area contributed by atoms with Crippen LogP contribution in [0.15, 0.2) is 18.2 Å². The molecular formula is C16H27NO. The Hall–Kier alpha value is -1.02. The van der Waals surface area contributed by atoms with Crippen LogP contribution in [0.1, 0.15) is 51.7 Å². The van der Waals surface area contributed by atoms with E-state index in [2.05, 4.69) is 52.8 Å². The van der Waals surface area contributed by atoms with Crippen LogP contribution < -0.4 is 10.5 Å². The molecule has 1 aromatic carbocycles. The van der Waals surface area contributed by atoms with Gasteiger partial charge in [0, 0.05) is 0 Å². The molecule has 1 unspecified atom stereocenters. The molecule has 0 saturated heterocycles. The van der Waals surface area contributed by atoms with Crippen molar-refractivity contribution < 1.29 is 4.74 Å². The summed E-state index contributed by atoms with van der Waals surface area (Å²) >= 11 is 0. The maximum Gasteiger partial charge on any atom is 0.122 e. The van der Waals surface area contributed by atoms with E-state index < -0.39 is 0 Å². The van der Waals surface area contributed by atoms with Gasteiger partial charge in [-0.2, -0.15) is 0 Å². The molecule has 0 aliphatic rings. The van der Waals surface area contributed by atoms with E-state index in [0.717, 1.165) is 5.75 Å². The monoisotopic (exact) mass is 249 g/mol. The van der Waals surface area contributed by atoms with Gasteiger partial charge in [-0.05, 0) is 41.0 Å². The van der Waals surface area contributed by atoms with Crippen LogP contribution in [-0.4, -0.2) is 13.7 Å². The highest BCUT2D eigenvalue weighted by atomic mass is 16.5. The third kappa shape index (κ3) is 3.26. The molecule has 0 aliphatic heterocycles. The van der Waals surface area contributed by atoms with E-state index in [4.69, 9.17) is 10.5 Å². The first-order chi connectivity index (χ1) is 8.31. The summed E-state index contributed by atoms with van der Waals surface area (Å²) in [4.78, 5) is 0. The lowest BCUT2D eigenvalue weighted by Crippen LogP contribution is -2.19. The highest BCUT2D eigenvalue weighted by Crippen LogP contribution is 2.35. The lowest BCUT2D eigenvalue weighted by molar-refractivity contribution is 0.396. The summed E-state index contributed by atoms with van der Waals surface area (Å²) in [6, 6.07) is 6.48. The van der Waals surface area contributed by atoms with E-state index >= 15 is 0 Å². The molecule has 0 heterocycles.